The van der Waals surface area contributed by atoms with Gasteiger partial charge < -0.3 is 9.53 Å². The Bertz CT molecular complexity index is 775. The maximum absolute atomic E-state index is 12.3. The van der Waals surface area contributed by atoms with Gasteiger partial charge in [-0.3, -0.25) is 0 Å². The molecular weight excluding hydrogens is 429 g/mol. The van der Waals surface area contributed by atoms with Gasteiger partial charge in [-0.15, -0.1) is 0 Å². The van der Waals surface area contributed by atoms with E-state index in [-0.39, 0.29) is 18.1 Å². The SMILES string of the molecule is CC(C)(C)[Si](O[C@@H](CO)CC=CCCCCC(F)(F)F)(c1ccccc1)c1ccccc1. The highest BCUT2D eigenvalue weighted by Gasteiger charge is 2.51. The summed E-state index contributed by atoms with van der Waals surface area (Å²) in [5.74, 6) is 0. The van der Waals surface area contributed by atoms with Gasteiger partial charge in [-0.2, -0.15) is 13.2 Å². The molecule has 0 unspecified atom stereocenters. The fourth-order valence-corrected chi connectivity index (χ4v) is 8.74. The Hall–Kier alpha value is -1.89. The van der Waals surface area contributed by atoms with E-state index in [1.807, 2.05) is 48.6 Å². The van der Waals surface area contributed by atoms with E-state index in [2.05, 4.69) is 45.0 Å². The van der Waals surface area contributed by atoms with Crippen molar-refractivity contribution in [3.63, 3.8) is 0 Å². The summed E-state index contributed by atoms with van der Waals surface area (Å²) in [4.78, 5) is 0. The molecule has 0 heterocycles. The van der Waals surface area contributed by atoms with Gasteiger partial charge in [0.15, 0.2) is 0 Å². The first kappa shape index (κ1) is 26.4. The number of halogens is 3. The fraction of sp³-hybridized carbons (Fsp3) is 0.462. The average Bonchev–Trinajstić information content (AvgIpc) is 2.75. The molecule has 0 amide bonds. The first-order valence-corrected chi connectivity index (χ1v) is 13.1. The molecule has 176 valence electrons. The predicted octanol–water partition coefficient (Wildman–Crippen LogP) is 5.99. The zero-order chi connectivity index (χ0) is 23.7. The van der Waals surface area contributed by atoms with Crippen molar-refractivity contribution in [2.24, 2.45) is 0 Å². The molecule has 0 aliphatic carbocycles. The van der Waals surface area contributed by atoms with Gasteiger partial charge in [0, 0.05) is 6.42 Å². The molecule has 2 aromatic carbocycles. The third-order valence-corrected chi connectivity index (χ3v) is 10.7. The Morgan fingerprint density at radius 3 is 1.84 bits per heavy atom. The van der Waals surface area contributed by atoms with Crippen LogP contribution in [0, 0.1) is 0 Å². The van der Waals surface area contributed by atoms with Crippen LogP contribution in [0.1, 0.15) is 52.9 Å². The lowest BCUT2D eigenvalue weighted by Crippen LogP contribution is -2.68. The molecule has 32 heavy (non-hydrogen) atoms. The first-order chi connectivity index (χ1) is 15.1. The number of rotatable bonds is 11. The molecule has 0 aliphatic rings. The van der Waals surface area contributed by atoms with Gasteiger partial charge in [0.05, 0.1) is 12.7 Å². The van der Waals surface area contributed by atoms with E-state index in [0.717, 1.165) is 10.4 Å². The quantitative estimate of drug-likeness (QED) is 0.251. The van der Waals surface area contributed by atoms with E-state index in [9.17, 15) is 18.3 Å². The van der Waals surface area contributed by atoms with Crippen molar-refractivity contribution in [2.45, 2.75) is 70.2 Å². The zero-order valence-electron chi connectivity index (χ0n) is 19.2. The maximum atomic E-state index is 12.3. The normalized spacial score (nSPS) is 14.1. The molecule has 2 nitrogen and oxygen atoms in total. The number of hydrogen-bond donors (Lipinski definition) is 1. The highest BCUT2D eigenvalue weighted by Crippen LogP contribution is 2.37. The number of aliphatic hydroxyl groups excluding tert-OH is 1. The first-order valence-electron chi connectivity index (χ1n) is 11.2. The number of allylic oxidation sites excluding steroid dienone is 1. The smallest absolute Gasteiger partial charge is 0.389 e. The number of hydrogen-bond acceptors (Lipinski definition) is 2. The van der Waals surface area contributed by atoms with Crippen molar-refractivity contribution >= 4 is 18.7 Å². The van der Waals surface area contributed by atoms with E-state index < -0.39 is 27.0 Å². The highest BCUT2D eigenvalue weighted by atomic mass is 28.4. The lowest BCUT2D eigenvalue weighted by molar-refractivity contribution is -0.135. The van der Waals surface area contributed by atoms with Gasteiger partial charge >= 0.3 is 6.18 Å². The summed E-state index contributed by atoms with van der Waals surface area (Å²) in [6, 6.07) is 20.5. The molecular formula is C26H35F3O2Si. The van der Waals surface area contributed by atoms with Crippen molar-refractivity contribution in [1.29, 1.82) is 0 Å². The van der Waals surface area contributed by atoms with Crippen molar-refractivity contribution in [1.82, 2.24) is 0 Å². The summed E-state index contributed by atoms with van der Waals surface area (Å²) >= 11 is 0. The van der Waals surface area contributed by atoms with E-state index in [4.69, 9.17) is 4.43 Å². The second-order valence-corrected chi connectivity index (χ2v) is 13.4. The molecule has 0 fully saturated rings. The van der Waals surface area contributed by atoms with Crippen LogP contribution < -0.4 is 10.4 Å². The van der Waals surface area contributed by atoms with Gasteiger partial charge in [-0.1, -0.05) is 93.6 Å². The highest BCUT2D eigenvalue weighted by molar-refractivity contribution is 6.99. The minimum Gasteiger partial charge on any atom is -0.402 e. The summed E-state index contributed by atoms with van der Waals surface area (Å²) in [5, 5.41) is 12.2. The van der Waals surface area contributed by atoms with E-state index in [1.54, 1.807) is 0 Å². The van der Waals surface area contributed by atoms with Crippen molar-refractivity contribution in [2.75, 3.05) is 6.61 Å². The van der Waals surface area contributed by atoms with Gasteiger partial charge in [0.1, 0.15) is 0 Å². The Morgan fingerprint density at radius 2 is 1.41 bits per heavy atom. The molecule has 1 atom stereocenters. The minimum absolute atomic E-state index is 0.122. The number of unbranched alkanes of at least 4 members (excludes halogenated alkanes) is 2. The Morgan fingerprint density at radius 1 is 0.875 bits per heavy atom. The molecule has 6 heteroatoms. The average molecular weight is 465 g/mol. The van der Waals surface area contributed by atoms with E-state index >= 15 is 0 Å². The second kappa shape index (κ2) is 11.8. The molecule has 2 aromatic rings. The largest absolute Gasteiger partial charge is 0.402 e. The third kappa shape index (κ3) is 7.32. The van der Waals surface area contributed by atoms with Crippen LogP contribution in [-0.2, 0) is 4.43 Å². The molecule has 0 aliphatic heterocycles. The van der Waals surface area contributed by atoms with Crippen LogP contribution in [0.4, 0.5) is 13.2 Å². The van der Waals surface area contributed by atoms with E-state index in [0.29, 0.717) is 19.3 Å². The zero-order valence-corrected chi connectivity index (χ0v) is 20.2. The summed E-state index contributed by atoms with van der Waals surface area (Å²) in [6.07, 6.45) is 0.332. The van der Waals surface area contributed by atoms with Crippen LogP contribution in [0.15, 0.2) is 72.8 Å². The molecule has 0 spiro atoms. The van der Waals surface area contributed by atoms with E-state index in [1.165, 1.54) is 0 Å². The summed E-state index contributed by atoms with van der Waals surface area (Å²) in [7, 11) is -2.75. The number of alkyl halides is 3. The van der Waals surface area contributed by atoms with Gasteiger partial charge in [-0.25, -0.2) is 0 Å². The Labute approximate surface area is 191 Å². The molecule has 0 radical (unpaired) electrons. The van der Waals surface area contributed by atoms with Crippen LogP contribution in [-0.4, -0.2) is 32.3 Å². The summed E-state index contributed by atoms with van der Waals surface area (Å²) < 4.78 is 43.7. The van der Waals surface area contributed by atoms with Gasteiger partial charge in [0.25, 0.3) is 8.32 Å². The molecule has 0 aromatic heterocycles. The van der Waals surface area contributed by atoms with Crippen LogP contribution >= 0.6 is 0 Å². The van der Waals surface area contributed by atoms with Crippen LogP contribution in [0.25, 0.3) is 0 Å². The number of aliphatic hydroxyl groups is 1. The van der Waals surface area contributed by atoms with Gasteiger partial charge in [-0.05, 0) is 41.1 Å². The summed E-state index contributed by atoms with van der Waals surface area (Å²) in [6.45, 7) is 6.43. The molecule has 1 N–H and O–H groups in total. The number of benzene rings is 2. The Balaban J connectivity index is 2.20. The standard InChI is InChI=1S/C26H35F3O2Si/c1-25(2,3)32(23-16-10-7-11-17-23,24-18-12-8-13-19-24)31-22(21-30)15-9-5-4-6-14-20-26(27,28)29/h5,7-13,16-19,22,30H,4,6,14-15,20-21H2,1-3H3/t22-/m1/s1. The summed E-state index contributed by atoms with van der Waals surface area (Å²) in [5.41, 5.74) is 0. The van der Waals surface area contributed by atoms with Crippen LogP contribution in [0.5, 0.6) is 0 Å². The minimum atomic E-state index is -4.09. The topological polar surface area (TPSA) is 29.5 Å². The van der Waals surface area contributed by atoms with Gasteiger partial charge in [0.2, 0.25) is 0 Å². The van der Waals surface area contributed by atoms with Crippen LogP contribution in [0.2, 0.25) is 5.04 Å². The molecule has 2 rings (SSSR count). The van der Waals surface area contributed by atoms with Crippen molar-refractivity contribution in [3.8, 4) is 0 Å². The van der Waals surface area contributed by atoms with Crippen LogP contribution in [0.3, 0.4) is 0 Å². The van der Waals surface area contributed by atoms with Crippen molar-refractivity contribution in [3.05, 3.63) is 72.8 Å². The van der Waals surface area contributed by atoms with Crippen molar-refractivity contribution < 1.29 is 22.7 Å². The molecule has 0 saturated heterocycles. The fourth-order valence-electron chi connectivity index (χ4n) is 4.05. The third-order valence-electron chi connectivity index (χ3n) is 5.61. The predicted molar refractivity (Wildman–Crippen MR) is 128 cm³/mol. The lowest BCUT2D eigenvalue weighted by Gasteiger charge is -2.45. The maximum Gasteiger partial charge on any atom is 0.389 e. The molecule has 0 bridgehead atoms. The Kier molecular flexibility index (Phi) is 9.74. The lowest BCUT2D eigenvalue weighted by atomic mass is 10.1. The monoisotopic (exact) mass is 464 g/mol. The second-order valence-electron chi connectivity index (χ2n) is 9.15. The molecule has 0 saturated carbocycles.